The fraction of sp³-hybridized carbons (Fsp3) is 0.250. The van der Waals surface area contributed by atoms with Crippen molar-refractivity contribution in [2.75, 3.05) is 40.8 Å². The molecule has 1 N–H and O–H groups in total. The number of rotatable bonds is 14. The zero-order valence-corrected chi connectivity index (χ0v) is 25.5. The lowest BCUT2D eigenvalue weighted by Gasteiger charge is -2.27. The third-order valence-corrected chi connectivity index (χ3v) is 7.34. The van der Waals surface area contributed by atoms with Gasteiger partial charge < -0.3 is 24.5 Å². The van der Waals surface area contributed by atoms with E-state index in [0.717, 1.165) is 11.1 Å². The number of benzene rings is 4. The maximum atomic E-state index is 14.2. The summed E-state index contributed by atoms with van der Waals surface area (Å²) in [5, 5.41) is 9.42. The number of methoxy groups -OCH3 is 1. The Hall–Kier alpha value is -4.95. The second kappa shape index (κ2) is 15.5. The number of nitrogens with zero attached hydrogens (tertiary/aromatic N) is 3. The van der Waals surface area contributed by atoms with Gasteiger partial charge in [0.05, 0.1) is 13.5 Å². The largest absolute Gasteiger partial charge is 0.497 e. The maximum Gasteiger partial charge on any atom is 0.305 e. The summed E-state index contributed by atoms with van der Waals surface area (Å²) in [6, 6.07) is 31.7. The highest BCUT2D eigenvalue weighted by molar-refractivity contribution is 6.06. The molecule has 0 radical (unpaired) electrons. The molecule has 0 fully saturated rings. The van der Waals surface area contributed by atoms with Crippen LogP contribution in [0.25, 0.3) is 11.1 Å². The first-order valence-corrected chi connectivity index (χ1v) is 14.6. The van der Waals surface area contributed by atoms with E-state index in [2.05, 4.69) is 0 Å². The fourth-order valence-electron chi connectivity index (χ4n) is 4.96. The van der Waals surface area contributed by atoms with Gasteiger partial charge in [-0.15, -0.1) is 0 Å². The number of ether oxygens (including phenoxy) is 1. The van der Waals surface area contributed by atoms with Gasteiger partial charge in [0.2, 0.25) is 0 Å². The van der Waals surface area contributed by atoms with E-state index in [0.29, 0.717) is 47.6 Å². The summed E-state index contributed by atoms with van der Waals surface area (Å²) in [6.45, 7) is 1.93. The summed E-state index contributed by atoms with van der Waals surface area (Å²) >= 11 is 0. The lowest BCUT2D eigenvalue weighted by Crippen LogP contribution is -2.36. The lowest BCUT2D eigenvalue weighted by molar-refractivity contribution is -0.137. The smallest absolute Gasteiger partial charge is 0.305 e. The molecular weight excluding hydrogens is 554 g/mol. The van der Waals surface area contributed by atoms with Crippen molar-refractivity contribution in [3.05, 3.63) is 125 Å². The molecule has 8 heteroatoms. The topological polar surface area (TPSA) is 90.4 Å². The molecule has 0 aliphatic rings. The molecule has 0 aliphatic carbocycles. The lowest BCUT2D eigenvalue weighted by atomic mass is 9.93. The van der Waals surface area contributed by atoms with Crippen LogP contribution in [0.4, 0.5) is 0 Å². The molecule has 0 heterocycles. The van der Waals surface area contributed by atoms with Gasteiger partial charge in [0, 0.05) is 43.9 Å². The van der Waals surface area contributed by atoms with Crippen LogP contribution < -0.4 is 4.74 Å². The normalized spacial score (nSPS) is 10.8. The minimum atomic E-state index is -0.988. The number of aliphatic carboxylic acids is 1. The molecule has 0 saturated heterocycles. The SMILES string of the molecule is COc1ccc(CN(CCC(=O)O)C(=O)c2ccccc2-c2ccccc2C(=O)N(CCN(C)C)Cc2ccccc2)cc1. The molecule has 0 aromatic heterocycles. The standard InChI is InChI=1S/C36H39N3O5/c1-37(2)23-24-39(25-27-11-5-4-6-12-27)36(43)33-16-10-8-14-31(33)30-13-7-9-15-32(30)35(42)38(22-21-34(40)41)26-28-17-19-29(44-3)20-18-28/h4-20H,21-26H2,1-3H3,(H,40,41). The van der Waals surface area contributed by atoms with Crippen molar-refractivity contribution >= 4 is 17.8 Å². The van der Waals surface area contributed by atoms with Crippen LogP contribution in [0.2, 0.25) is 0 Å². The Kier molecular flexibility index (Phi) is 11.3. The predicted octanol–water partition coefficient (Wildman–Crippen LogP) is 5.68. The van der Waals surface area contributed by atoms with E-state index in [1.165, 1.54) is 4.90 Å². The van der Waals surface area contributed by atoms with Crippen LogP contribution in [0.3, 0.4) is 0 Å². The Morgan fingerprint density at radius 3 is 1.59 bits per heavy atom. The van der Waals surface area contributed by atoms with Crippen LogP contribution in [0.15, 0.2) is 103 Å². The minimum Gasteiger partial charge on any atom is -0.497 e. The first-order valence-electron chi connectivity index (χ1n) is 14.6. The van der Waals surface area contributed by atoms with Gasteiger partial charge in [0.25, 0.3) is 11.8 Å². The van der Waals surface area contributed by atoms with Crippen molar-refractivity contribution < 1.29 is 24.2 Å². The Balaban J connectivity index is 1.70. The van der Waals surface area contributed by atoms with Gasteiger partial charge in [0.15, 0.2) is 0 Å². The maximum absolute atomic E-state index is 14.2. The van der Waals surface area contributed by atoms with Crippen LogP contribution >= 0.6 is 0 Å². The van der Waals surface area contributed by atoms with Crippen LogP contribution in [-0.2, 0) is 17.9 Å². The number of likely N-dealkylation sites (N-methyl/N-ethyl adjacent to an activating group) is 1. The van der Waals surface area contributed by atoms with Crippen molar-refractivity contribution in [3.8, 4) is 16.9 Å². The average Bonchev–Trinajstić information content (AvgIpc) is 3.05. The quantitative estimate of drug-likeness (QED) is 0.202. The molecule has 44 heavy (non-hydrogen) atoms. The molecule has 0 spiro atoms. The van der Waals surface area contributed by atoms with Crippen LogP contribution in [0.5, 0.6) is 5.75 Å². The zero-order valence-electron chi connectivity index (χ0n) is 25.5. The second-order valence-corrected chi connectivity index (χ2v) is 10.8. The Morgan fingerprint density at radius 2 is 1.09 bits per heavy atom. The number of carboxylic acid groups (broad SMARTS) is 1. The van der Waals surface area contributed by atoms with Crippen molar-refractivity contribution in [2.24, 2.45) is 0 Å². The Morgan fingerprint density at radius 1 is 0.614 bits per heavy atom. The number of hydrogen-bond acceptors (Lipinski definition) is 5. The highest BCUT2D eigenvalue weighted by atomic mass is 16.5. The molecule has 8 nitrogen and oxygen atoms in total. The van der Waals surface area contributed by atoms with E-state index in [-0.39, 0.29) is 31.3 Å². The molecular formula is C36H39N3O5. The molecule has 4 rings (SSSR count). The van der Waals surface area contributed by atoms with E-state index >= 15 is 0 Å². The van der Waals surface area contributed by atoms with E-state index in [1.54, 1.807) is 25.3 Å². The number of carbonyl (C=O) groups is 3. The average molecular weight is 594 g/mol. The van der Waals surface area contributed by atoms with Gasteiger partial charge in [-0.3, -0.25) is 14.4 Å². The third kappa shape index (κ3) is 8.55. The fourth-order valence-corrected chi connectivity index (χ4v) is 4.96. The third-order valence-electron chi connectivity index (χ3n) is 7.34. The molecule has 0 unspecified atom stereocenters. The molecule has 228 valence electrons. The van der Waals surface area contributed by atoms with Gasteiger partial charge in [-0.2, -0.15) is 0 Å². The number of carboxylic acids is 1. The first-order chi connectivity index (χ1) is 21.3. The van der Waals surface area contributed by atoms with Crippen LogP contribution in [-0.4, -0.2) is 78.4 Å². The summed E-state index contributed by atoms with van der Waals surface area (Å²) in [5.74, 6) is -0.739. The van der Waals surface area contributed by atoms with Crippen LogP contribution in [0, 0.1) is 0 Å². The summed E-state index contributed by atoms with van der Waals surface area (Å²) in [4.78, 5) is 45.2. The molecule has 0 atom stereocenters. The van der Waals surface area contributed by atoms with Crippen molar-refractivity contribution in [3.63, 3.8) is 0 Å². The summed E-state index contributed by atoms with van der Waals surface area (Å²) < 4.78 is 5.25. The van der Waals surface area contributed by atoms with Gasteiger partial charge in [-0.25, -0.2) is 0 Å². The number of hydrogen-bond donors (Lipinski definition) is 1. The molecule has 0 saturated carbocycles. The zero-order chi connectivity index (χ0) is 31.5. The number of carbonyl (C=O) groups excluding carboxylic acids is 2. The van der Waals surface area contributed by atoms with E-state index in [4.69, 9.17) is 4.74 Å². The molecule has 4 aromatic carbocycles. The van der Waals surface area contributed by atoms with E-state index in [9.17, 15) is 19.5 Å². The van der Waals surface area contributed by atoms with Crippen LogP contribution in [0.1, 0.15) is 38.3 Å². The van der Waals surface area contributed by atoms with Crippen molar-refractivity contribution in [1.82, 2.24) is 14.7 Å². The molecule has 0 bridgehead atoms. The van der Waals surface area contributed by atoms with E-state index < -0.39 is 5.97 Å². The summed E-state index contributed by atoms with van der Waals surface area (Å²) in [7, 11) is 5.53. The highest BCUT2D eigenvalue weighted by Crippen LogP contribution is 2.30. The Bertz CT molecular complexity index is 1550. The second-order valence-electron chi connectivity index (χ2n) is 10.8. The van der Waals surface area contributed by atoms with Crippen molar-refractivity contribution in [1.29, 1.82) is 0 Å². The molecule has 4 aromatic rings. The van der Waals surface area contributed by atoms with Gasteiger partial charge in [0.1, 0.15) is 5.75 Å². The monoisotopic (exact) mass is 593 g/mol. The van der Waals surface area contributed by atoms with E-state index in [1.807, 2.05) is 109 Å². The van der Waals surface area contributed by atoms with Gasteiger partial charge in [-0.1, -0.05) is 78.9 Å². The van der Waals surface area contributed by atoms with Gasteiger partial charge >= 0.3 is 5.97 Å². The Labute approximate surface area is 259 Å². The molecule has 2 amide bonds. The summed E-state index contributed by atoms with van der Waals surface area (Å²) in [5.41, 5.74) is 4.02. The minimum absolute atomic E-state index is 0.0322. The summed E-state index contributed by atoms with van der Waals surface area (Å²) in [6.07, 6.45) is -0.195. The predicted molar refractivity (Wildman–Crippen MR) is 172 cm³/mol. The highest BCUT2D eigenvalue weighted by Gasteiger charge is 2.25. The first kappa shape index (κ1) is 32.0. The van der Waals surface area contributed by atoms with Gasteiger partial charge in [-0.05, 0) is 60.6 Å². The molecule has 0 aliphatic heterocycles. The number of amides is 2. The van der Waals surface area contributed by atoms with Crippen molar-refractivity contribution in [2.45, 2.75) is 19.5 Å².